The van der Waals surface area contributed by atoms with Crippen LogP contribution in [0.1, 0.15) is 27.2 Å². The number of fused-ring (bicyclic) bond motifs is 1. The van der Waals surface area contributed by atoms with E-state index >= 15 is 0 Å². The maximum Gasteiger partial charge on any atom is 0.345 e. The molecule has 9 heteroatoms. The Morgan fingerprint density at radius 3 is 2.91 bits per heavy atom. The molecule has 3 aromatic rings. The van der Waals surface area contributed by atoms with Gasteiger partial charge in [0.25, 0.3) is 0 Å². The number of carbonyl (C=O) groups is 1. The first-order chi connectivity index (χ1) is 15.5. The fourth-order valence-electron chi connectivity index (χ4n) is 3.22. The van der Waals surface area contributed by atoms with Crippen LogP contribution in [-0.2, 0) is 4.74 Å². The molecule has 2 aromatic heterocycles. The highest BCUT2D eigenvalue weighted by Gasteiger charge is 2.26. The lowest BCUT2D eigenvalue weighted by Gasteiger charge is -2.13. The third-order valence-electron chi connectivity index (χ3n) is 4.76. The van der Waals surface area contributed by atoms with Gasteiger partial charge >= 0.3 is 5.97 Å². The maximum atomic E-state index is 11.9. The summed E-state index contributed by atoms with van der Waals surface area (Å²) < 4.78 is 16.5. The van der Waals surface area contributed by atoms with Gasteiger partial charge in [0, 0.05) is 30.7 Å². The van der Waals surface area contributed by atoms with Gasteiger partial charge in [-0.15, -0.1) is 0 Å². The predicted molar refractivity (Wildman–Crippen MR) is 119 cm³/mol. The minimum atomic E-state index is -1.34. The van der Waals surface area contributed by atoms with Crippen LogP contribution in [-0.4, -0.2) is 47.7 Å². The predicted octanol–water partition coefficient (Wildman–Crippen LogP) is 4.41. The summed E-state index contributed by atoms with van der Waals surface area (Å²) in [5, 5.41) is 23.2. The Labute approximate surface area is 183 Å². The average molecular weight is 435 g/mol. The van der Waals surface area contributed by atoms with Crippen LogP contribution in [0.4, 0.5) is 17.4 Å². The van der Waals surface area contributed by atoms with E-state index < -0.39 is 11.7 Å². The molecule has 1 aliphatic heterocycles. The third-order valence-corrected chi connectivity index (χ3v) is 4.76. The van der Waals surface area contributed by atoms with Crippen LogP contribution >= 0.6 is 0 Å². The minimum Gasteiger partial charge on any atom is -0.504 e. The second-order valence-corrected chi connectivity index (χ2v) is 7.02. The molecule has 4 rings (SSSR count). The standard InChI is InChI=1S/C23H21N3O6/c1-13-5-6-16(17(10-13)31-9-8-30-2)26-22-19(23(28)29)20(27)18(32-22)11-14-12-25-21-15(14)4-3-7-24-21/h3-7,10-12,26-27H,8-9H2,1-2H3,(H,28,29). The fraction of sp³-hybridized carbons (Fsp3) is 0.174. The van der Waals surface area contributed by atoms with E-state index in [4.69, 9.17) is 13.9 Å². The van der Waals surface area contributed by atoms with Gasteiger partial charge < -0.3 is 29.4 Å². The zero-order chi connectivity index (χ0) is 22.7. The van der Waals surface area contributed by atoms with E-state index in [0.29, 0.717) is 36.0 Å². The van der Waals surface area contributed by atoms with E-state index in [9.17, 15) is 15.0 Å². The van der Waals surface area contributed by atoms with Crippen molar-refractivity contribution >= 4 is 41.2 Å². The van der Waals surface area contributed by atoms with Crippen molar-refractivity contribution in [2.24, 2.45) is 4.99 Å². The zero-order valence-electron chi connectivity index (χ0n) is 17.5. The van der Waals surface area contributed by atoms with Crippen LogP contribution in [0.25, 0.3) is 11.6 Å². The highest BCUT2D eigenvalue weighted by atomic mass is 16.5. The van der Waals surface area contributed by atoms with Gasteiger partial charge in [-0.05, 0) is 42.8 Å². The van der Waals surface area contributed by atoms with Crippen molar-refractivity contribution in [2.75, 3.05) is 25.6 Å². The molecule has 0 atom stereocenters. The number of benzene rings is 1. The number of aryl methyl sites for hydroxylation is 1. The molecule has 164 valence electrons. The number of aromatic nitrogens is 1. The maximum absolute atomic E-state index is 11.9. The van der Waals surface area contributed by atoms with E-state index in [1.807, 2.05) is 25.1 Å². The largest absolute Gasteiger partial charge is 0.504 e. The molecule has 1 aliphatic rings. The SMILES string of the molecule is COCCOc1cc(C)ccc1Nc1oc(C=C2C=Nc3ncccc32)c(O)c1C(=O)O. The number of carboxylic acid groups (broad SMARTS) is 1. The Balaban J connectivity index is 1.70. The second-order valence-electron chi connectivity index (χ2n) is 7.02. The van der Waals surface area contributed by atoms with Crippen LogP contribution in [0.5, 0.6) is 11.5 Å². The van der Waals surface area contributed by atoms with E-state index in [1.54, 1.807) is 31.7 Å². The molecular formula is C23H21N3O6. The number of nitrogens with one attached hydrogen (secondary N) is 1. The number of rotatable bonds is 8. The van der Waals surface area contributed by atoms with Crippen LogP contribution in [0.3, 0.4) is 0 Å². The van der Waals surface area contributed by atoms with Gasteiger partial charge in [-0.2, -0.15) is 0 Å². The van der Waals surface area contributed by atoms with Crippen LogP contribution in [0.2, 0.25) is 0 Å². The highest BCUT2D eigenvalue weighted by Crippen LogP contribution is 2.40. The monoisotopic (exact) mass is 435 g/mol. The average Bonchev–Trinajstić information content (AvgIpc) is 3.31. The molecule has 9 nitrogen and oxygen atoms in total. The number of furan rings is 1. The number of allylic oxidation sites excluding steroid dienone is 1. The summed E-state index contributed by atoms with van der Waals surface area (Å²) in [4.78, 5) is 20.2. The van der Waals surface area contributed by atoms with Gasteiger partial charge in [-0.1, -0.05) is 6.07 Å². The number of aromatic carboxylic acids is 1. The number of aromatic hydroxyl groups is 1. The number of hydrogen-bond acceptors (Lipinski definition) is 8. The summed E-state index contributed by atoms with van der Waals surface area (Å²) in [6.45, 7) is 2.62. The fourth-order valence-corrected chi connectivity index (χ4v) is 3.22. The van der Waals surface area contributed by atoms with Crippen molar-refractivity contribution in [1.82, 2.24) is 4.98 Å². The number of anilines is 2. The van der Waals surface area contributed by atoms with Gasteiger partial charge in [-0.25, -0.2) is 14.8 Å². The Bertz CT molecular complexity index is 1230. The van der Waals surface area contributed by atoms with Crippen LogP contribution in [0, 0.1) is 6.92 Å². The van der Waals surface area contributed by atoms with Crippen LogP contribution in [0.15, 0.2) is 45.9 Å². The van der Waals surface area contributed by atoms with Crippen molar-refractivity contribution < 1.29 is 28.9 Å². The normalized spacial score (nSPS) is 13.4. The number of nitrogens with zero attached hydrogens (tertiary/aromatic N) is 2. The van der Waals surface area contributed by atoms with Gasteiger partial charge in [-0.3, -0.25) is 0 Å². The quantitative estimate of drug-likeness (QED) is 0.444. The molecule has 0 radical (unpaired) electrons. The summed E-state index contributed by atoms with van der Waals surface area (Å²) in [6, 6.07) is 8.99. The molecule has 0 saturated heterocycles. The van der Waals surface area contributed by atoms with E-state index in [0.717, 1.165) is 11.1 Å². The van der Waals surface area contributed by atoms with Gasteiger partial charge in [0.2, 0.25) is 5.88 Å². The van der Waals surface area contributed by atoms with Crippen molar-refractivity contribution in [2.45, 2.75) is 6.92 Å². The topological polar surface area (TPSA) is 126 Å². The summed E-state index contributed by atoms with van der Waals surface area (Å²) in [5.41, 5.74) is 2.45. The molecular weight excluding hydrogens is 414 g/mol. The molecule has 3 heterocycles. The Morgan fingerprint density at radius 1 is 1.28 bits per heavy atom. The molecule has 3 N–H and O–H groups in total. The number of methoxy groups -OCH3 is 1. The summed E-state index contributed by atoms with van der Waals surface area (Å²) in [6.07, 6.45) is 4.73. The number of hydrogen-bond donors (Lipinski definition) is 3. The van der Waals surface area contributed by atoms with E-state index in [-0.39, 0.29) is 17.2 Å². The van der Waals surface area contributed by atoms with Gasteiger partial charge in [0.05, 0.1) is 12.3 Å². The van der Waals surface area contributed by atoms with Crippen molar-refractivity contribution in [3.8, 4) is 11.5 Å². The Kier molecular flexibility index (Phi) is 5.91. The van der Waals surface area contributed by atoms with Crippen molar-refractivity contribution in [3.05, 3.63) is 59.0 Å². The van der Waals surface area contributed by atoms with Gasteiger partial charge in [0.15, 0.2) is 22.9 Å². The summed E-state index contributed by atoms with van der Waals surface area (Å²) in [5.74, 6) is -0.932. The molecule has 0 aliphatic carbocycles. The number of carboxylic acids is 1. The number of aliphatic imine (C=N–C) groups is 1. The molecule has 0 fully saturated rings. The Morgan fingerprint density at radius 2 is 2.12 bits per heavy atom. The molecule has 0 saturated carbocycles. The highest BCUT2D eigenvalue weighted by molar-refractivity contribution is 6.21. The zero-order valence-corrected chi connectivity index (χ0v) is 17.5. The lowest BCUT2D eigenvalue weighted by molar-refractivity contribution is 0.0695. The first kappa shape index (κ1) is 21.1. The van der Waals surface area contributed by atoms with Crippen LogP contribution < -0.4 is 10.1 Å². The second kappa shape index (κ2) is 8.94. The van der Waals surface area contributed by atoms with E-state index in [2.05, 4.69) is 15.3 Å². The molecule has 0 bridgehead atoms. The van der Waals surface area contributed by atoms with Gasteiger partial charge in [0.1, 0.15) is 12.4 Å². The Hall–Kier alpha value is -4.11. The molecule has 0 amide bonds. The smallest absolute Gasteiger partial charge is 0.345 e. The first-order valence-electron chi connectivity index (χ1n) is 9.77. The third kappa shape index (κ3) is 4.19. The van der Waals surface area contributed by atoms with Crippen molar-refractivity contribution in [3.63, 3.8) is 0 Å². The first-order valence-corrected chi connectivity index (χ1v) is 9.77. The minimum absolute atomic E-state index is 0.0167. The molecule has 1 aromatic carbocycles. The lowest BCUT2D eigenvalue weighted by atomic mass is 10.1. The number of pyridine rings is 1. The number of ether oxygens (including phenoxy) is 2. The lowest BCUT2D eigenvalue weighted by Crippen LogP contribution is -2.07. The summed E-state index contributed by atoms with van der Waals surface area (Å²) in [7, 11) is 1.57. The summed E-state index contributed by atoms with van der Waals surface area (Å²) >= 11 is 0. The molecule has 0 unspecified atom stereocenters. The molecule has 32 heavy (non-hydrogen) atoms. The van der Waals surface area contributed by atoms with E-state index in [1.165, 1.54) is 6.08 Å². The van der Waals surface area contributed by atoms with Crippen molar-refractivity contribution in [1.29, 1.82) is 0 Å². The molecule has 0 spiro atoms.